The second-order valence-corrected chi connectivity index (χ2v) is 17.4. The lowest BCUT2D eigenvalue weighted by atomic mass is 9.50. The highest BCUT2D eigenvalue weighted by Crippen LogP contribution is 2.58. The van der Waals surface area contributed by atoms with Gasteiger partial charge in [-0.3, -0.25) is 0 Å². The Hall–Kier alpha value is -1.60. The van der Waals surface area contributed by atoms with Crippen LogP contribution in [0, 0.1) is 22.7 Å². The van der Waals surface area contributed by atoms with Crippen molar-refractivity contribution < 1.29 is 0 Å². The first-order valence-electron chi connectivity index (χ1n) is 18.6. The smallest absolute Gasteiger partial charge is 0.00202 e. The van der Waals surface area contributed by atoms with Crippen LogP contribution in [0.25, 0.3) is 0 Å². The normalized spacial score (nSPS) is 31.8. The van der Waals surface area contributed by atoms with Gasteiger partial charge in [0.05, 0.1) is 0 Å². The van der Waals surface area contributed by atoms with Crippen molar-refractivity contribution >= 4 is 0 Å². The van der Waals surface area contributed by atoms with Crippen LogP contribution in [-0.2, 0) is 23.7 Å². The zero-order valence-electron chi connectivity index (χ0n) is 30.8. The molecule has 4 aliphatic rings. The first kappa shape index (κ1) is 35.3. The number of fused-ring (bicyclic) bond motifs is 6. The Bertz CT molecular complexity index is 1250. The third-order valence-electron chi connectivity index (χ3n) is 13.0. The SMILES string of the molecule is CC(C)c1ccc2c(c1)CCC1C(C)(C)CCCC21C.CC(C)c1ccc2c(c1)CCC1C(C)(CN)CCCC21C.CCC. The number of aryl methyl sites for hydroxylation is 2. The van der Waals surface area contributed by atoms with Crippen molar-refractivity contribution in [2.24, 2.45) is 28.4 Å². The second-order valence-electron chi connectivity index (χ2n) is 17.4. The molecule has 0 heterocycles. The number of benzene rings is 2. The van der Waals surface area contributed by atoms with E-state index in [9.17, 15) is 0 Å². The third kappa shape index (κ3) is 6.61. The molecule has 44 heavy (non-hydrogen) atoms. The summed E-state index contributed by atoms with van der Waals surface area (Å²) in [5.74, 6) is 2.89. The van der Waals surface area contributed by atoms with Gasteiger partial charge in [-0.1, -0.05) is 132 Å². The predicted octanol–water partition coefficient (Wildman–Crippen LogP) is 12.0. The molecule has 0 saturated heterocycles. The zero-order valence-corrected chi connectivity index (χ0v) is 30.8. The molecule has 0 spiro atoms. The third-order valence-corrected chi connectivity index (χ3v) is 13.0. The maximum atomic E-state index is 6.19. The Balaban J connectivity index is 0.000000185. The summed E-state index contributed by atoms with van der Waals surface area (Å²) in [4.78, 5) is 0. The second kappa shape index (κ2) is 13.6. The molecular formula is C43H69N. The molecular weight excluding hydrogens is 530 g/mol. The Kier molecular flexibility index (Phi) is 10.9. The minimum atomic E-state index is 0.335. The van der Waals surface area contributed by atoms with Gasteiger partial charge in [-0.15, -0.1) is 0 Å². The molecule has 0 amide bonds. The summed E-state index contributed by atoms with van der Waals surface area (Å²) in [5, 5.41) is 0. The topological polar surface area (TPSA) is 26.0 Å². The fourth-order valence-corrected chi connectivity index (χ4v) is 10.4. The van der Waals surface area contributed by atoms with Gasteiger partial charge in [0.15, 0.2) is 0 Å². The predicted molar refractivity (Wildman–Crippen MR) is 194 cm³/mol. The van der Waals surface area contributed by atoms with E-state index in [0.29, 0.717) is 33.5 Å². The minimum Gasteiger partial charge on any atom is -0.330 e. The van der Waals surface area contributed by atoms with Crippen molar-refractivity contribution in [3.05, 3.63) is 69.8 Å². The van der Waals surface area contributed by atoms with Gasteiger partial charge in [-0.05, 0) is 137 Å². The molecule has 0 aliphatic heterocycles. The fraction of sp³-hybridized carbons (Fsp3) is 0.721. The van der Waals surface area contributed by atoms with E-state index >= 15 is 0 Å². The molecule has 2 saturated carbocycles. The Morgan fingerprint density at radius 3 is 1.55 bits per heavy atom. The van der Waals surface area contributed by atoms with Crippen molar-refractivity contribution in [2.45, 2.75) is 169 Å². The molecule has 2 aromatic rings. The Labute approximate surface area is 273 Å². The van der Waals surface area contributed by atoms with Gasteiger partial charge in [0.1, 0.15) is 0 Å². The summed E-state index contributed by atoms with van der Waals surface area (Å²) in [7, 11) is 0. The number of nitrogens with two attached hydrogens (primary N) is 1. The lowest BCUT2D eigenvalue weighted by Crippen LogP contribution is -2.51. The first-order chi connectivity index (χ1) is 20.7. The molecule has 5 unspecified atom stereocenters. The monoisotopic (exact) mass is 600 g/mol. The zero-order chi connectivity index (χ0) is 32.5. The average Bonchev–Trinajstić information content (AvgIpc) is 2.97. The first-order valence-corrected chi connectivity index (χ1v) is 18.6. The highest BCUT2D eigenvalue weighted by molar-refractivity contribution is 5.43. The van der Waals surface area contributed by atoms with Crippen LogP contribution in [0.5, 0.6) is 0 Å². The largest absolute Gasteiger partial charge is 0.330 e. The molecule has 0 bridgehead atoms. The summed E-state index contributed by atoms with van der Waals surface area (Å²) in [5.41, 5.74) is 17.4. The van der Waals surface area contributed by atoms with Crippen LogP contribution in [0.3, 0.4) is 0 Å². The molecule has 6 rings (SSSR count). The molecule has 5 atom stereocenters. The summed E-state index contributed by atoms with van der Waals surface area (Å²) < 4.78 is 0. The molecule has 0 aromatic heterocycles. The van der Waals surface area contributed by atoms with E-state index in [1.165, 1.54) is 81.8 Å². The van der Waals surface area contributed by atoms with Crippen molar-refractivity contribution in [3.63, 3.8) is 0 Å². The van der Waals surface area contributed by atoms with Gasteiger partial charge in [-0.25, -0.2) is 0 Å². The van der Waals surface area contributed by atoms with Crippen LogP contribution in [0.4, 0.5) is 0 Å². The van der Waals surface area contributed by atoms with E-state index in [2.05, 4.69) is 113 Å². The van der Waals surface area contributed by atoms with Crippen LogP contribution < -0.4 is 5.73 Å². The number of hydrogen-bond acceptors (Lipinski definition) is 1. The number of rotatable bonds is 3. The Morgan fingerprint density at radius 2 is 1.09 bits per heavy atom. The van der Waals surface area contributed by atoms with E-state index in [1.54, 1.807) is 22.3 Å². The maximum absolute atomic E-state index is 6.19. The number of hydrogen-bond donors (Lipinski definition) is 1. The molecule has 2 fully saturated rings. The summed E-state index contributed by atoms with van der Waals surface area (Å²) in [6, 6.07) is 14.7. The minimum absolute atomic E-state index is 0.335. The van der Waals surface area contributed by atoms with Gasteiger partial charge < -0.3 is 5.73 Å². The maximum Gasteiger partial charge on any atom is -0.00202 e. The lowest BCUT2D eigenvalue weighted by Gasteiger charge is -2.55. The molecule has 0 radical (unpaired) electrons. The van der Waals surface area contributed by atoms with E-state index < -0.39 is 0 Å². The lowest BCUT2D eigenvalue weighted by molar-refractivity contribution is 0.0326. The van der Waals surface area contributed by atoms with Crippen LogP contribution >= 0.6 is 0 Å². The average molecular weight is 600 g/mol. The molecule has 2 aromatic carbocycles. The van der Waals surface area contributed by atoms with Crippen molar-refractivity contribution in [1.82, 2.24) is 0 Å². The summed E-state index contributed by atoms with van der Waals surface area (Å²) >= 11 is 0. The van der Waals surface area contributed by atoms with Gasteiger partial charge >= 0.3 is 0 Å². The van der Waals surface area contributed by atoms with Crippen molar-refractivity contribution in [3.8, 4) is 0 Å². The van der Waals surface area contributed by atoms with E-state index in [4.69, 9.17) is 5.73 Å². The van der Waals surface area contributed by atoms with Crippen molar-refractivity contribution in [1.29, 1.82) is 0 Å². The van der Waals surface area contributed by atoms with Gasteiger partial charge in [0, 0.05) is 0 Å². The molecule has 4 aliphatic carbocycles. The van der Waals surface area contributed by atoms with Crippen molar-refractivity contribution in [2.75, 3.05) is 6.54 Å². The Morgan fingerprint density at radius 1 is 0.659 bits per heavy atom. The van der Waals surface area contributed by atoms with Gasteiger partial charge in [0.25, 0.3) is 0 Å². The van der Waals surface area contributed by atoms with E-state index in [0.717, 1.165) is 18.4 Å². The molecule has 1 nitrogen and oxygen atoms in total. The van der Waals surface area contributed by atoms with Gasteiger partial charge in [0.2, 0.25) is 0 Å². The summed E-state index contributed by atoms with van der Waals surface area (Å²) in [6.07, 6.45) is 14.6. The molecule has 1 heteroatoms. The fourth-order valence-electron chi connectivity index (χ4n) is 10.4. The highest BCUT2D eigenvalue weighted by atomic mass is 14.7. The highest BCUT2D eigenvalue weighted by Gasteiger charge is 2.51. The van der Waals surface area contributed by atoms with Crippen LogP contribution in [0.2, 0.25) is 0 Å². The summed E-state index contributed by atoms with van der Waals surface area (Å²) in [6.45, 7) is 26.8. The van der Waals surface area contributed by atoms with Crippen LogP contribution in [0.1, 0.15) is 179 Å². The van der Waals surface area contributed by atoms with Crippen LogP contribution in [-0.4, -0.2) is 6.54 Å². The molecule has 2 N–H and O–H groups in total. The quantitative estimate of drug-likeness (QED) is 0.373. The molecule has 246 valence electrons. The van der Waals surface area contributed by atoms with Crippen LogP contribution in [0.15, 0.2) is 36.4 Å². The van der Waals surface area contributed by atoms with E-state index in [1.807, 2.05) is 0 Å². The standard InChI is InChI=1S/C20H31N.C20H30.C3H8/c1-14(2)15-6-8-17-16(12-15)7-9-18-19(3,13-21)10-5-11-20(17,18)4;1-14(2)15-7-9-17-16(13-15)8-10-18-19(3,4)11-6-12-20(17,18)5;1-3-2/h6,8,12,14,18H,5,7,9-11,13,21H2,1-4H3;7,9,13-14,18H,6,8,10-12H2,1-5H3;3H2,1-2H3. The van der Waals surface area contributed by atoms with Gasteiger partial charge in [-0.2, -0.15) is 0 Å². The van der Waals surface area contributed by atoms with E-state index in [-0.39, 0.29) is 0 Å².